The molecule has 0 saturated carbocycles. The number of nitrogens with one attached hydrogen (secondary N) is 2. The molecule has 0 unspecified atom stereocenters. The normalized spacial score (nSPS) is 11.0. The van der Waals surface area contributed by atoms with Crippen molar-refractivity contribution in [2.45, 2.75) is 12.1 Å². The van der Waals surface area contributed by atoms with Crippen molar-refractivity contribution in [3.05, 3.63) is 76.6 Å². The molecule has 2 aromatic carbocycles. The maximum Gasteiger partial charge on any atom is 0.278 e. The van der Waals surface area contributed by atoms with Gasteiger partial charge in [0.1, 0.15) is 5.82 Å². The minimum atomic E-state index is -0.429. The number of nitrogens with zero attached hydrogens (tertiary/aromatic N) is 3. The topological polar surface area (TPSA) is 92.7 Å². The van der Waals surface area contributed by atoms with E-state index in [4.69, 9.17) is 0 Å². The third kappa shape index (κ3) is 4.04. The van der Waals surface area contributed by atoms with Gasteiger partial charge in [0.2, 0.25) is 5.91 Å². The maximum absolute atomic E-state index is 13.3. The molecule has 0 aliphatic rings. The second-order valence-corrected chi connectivity index (χ2v) is 7.26. The molecular formula is C20H16FN5O2S. The molecule has 0 saturated heterocycles. The van der Waals surface area contributed by atoms with Gasteiger partial charge in [0.15, 0.2) is 16.3 Å². The van der Waals surface area contributed by atoms with Gasteiger partial charge in [-0.15, -0.1) is 0 Å². The van der Waals surface area contributed by atoms with E-state index in [0.29, 0.717) is 16.5 Å². The SMILES string of the molecule is Cc1ccc(-n2c(SCC(=O)Nc3cccc(F)c3)nc3c(=O)[nH]cnc32)cc1. The molecular weight excluding hydrogens is 393 g/mol. The van der Waals surface area contributed by atoms with Gasteiger partial charge < -0.3 is 10.3 Å². The number of carbonyl (C=O) groups excluding carboxylic acids is 1. The van der Waals surface area contributed by atoms with Gasteiger partial charge in [-0.25, -0.2) is 14.4 Å². The van der Waals surface area contributed by atoms with E-state index in [-0.39, 0.29) is 22.7 Å². The molecule has 7 nitrogen and oxygen atoms in total. The molecule has 0 atom stereocenters. The van der Waals surface area contributed by atoms with Crippen LogP contribution in [0, 0.1) is 12.7 Å². The summed E-state index contributed by atoms with van der Waals surface area (Å²) in [4.78, 5) is 35.6. The third-order valence-electron chi connectivity index (χ3n) is 4.15. The number of aromatic amines is 1. The summed E-state index contributed by atoms with van der Waals surface area (Å²) < 4.78 is 15.0. The van der Waals surface area contributed by atoms with Gasteiger partial charge >= 0.3 is 0 Å². The second kappa shape index (κ2) is 7.88. The highest BCUT2D eigenvalue weighted by molar-refractivity contribution is 7.99. The number of amides is 1. The first-order chi connectivity index (χ1) is 14.0. The van der Waals surface area contributed by atoms with Gasteiger partial charge in [0, 0.05) is 11.4 Å². The molecule has 4 rings (SSSR count). The van der Waals surface area contributed by atoms with Gasteiger partial charge in [0.25, 0.3) is 5.56 Å². The number of thioether (sulfide) groups is 1. The molecule has 0 radical (unpaired) electrons. The molecule has 146 valence electrons. The zero-order valence-corrected chi connectivity index (χ0v) is 16.2. The summed E-state index contributed by atoms with van der Waals surface area (Å²) in [7, 11) is 0. The fraction of sp³-hybridized carbons (Fsp3) is 0.100. The lowest BCUT2D eigenvalue weighted by Crippen LogP contribution is -2.14. The maximum atomic E-state index is 13.3. The van der Waals surface area contributed by atoms with Crippen LogP contribution >= 0.6 is 11.8 Å². The van der Waals surface area contributed by atoms with Crippen LogP contribution in [0.4, 0.5) is 10.1 Å². The van der Waals surface area contributed by atoms with E-state index in [1.165, 1.54) is 36.3 Å². The molecule has 2 heterocycles. The molecule has 2 N–H and O–H groups in total. The van der Waals surface area contributed by atoms with Gasteiger partial charge in [-0.2, -0.15) is 0 Å². The Morgan fingerprint density at radius 2 is 2.03 bits per heavy atom. The van der Waals surface area contributed by atoms with Crippen LogP contribution in [-0.4, -0.2) is 31.2 Å². The van der Waals surface area contributed by atoms with E-state index in [1.54, 1.807) is 10.6 Å². The van der Waals surface area contributed by atoms with Crippen molar-refractivity contribution in [2.75, 3.05) is 11.1 Å². The standard InChI is InChI=1S/C20H16FN5O2S/c1-12-5-7-15(8-6-12)26-18-17(19(28)23-11-22-18)25-20(26)29-10-16(27)24-14-4-2-3-13(21)9-14/h2-9,11H,10H2,1H3,(H,24,27)(H,22,23,28). The number of fused-ring (bicyclic) bond motifs is 1. The number of carbonyl (C=O) groups is 1. The van der Waals surface area contributed by atoms with Crippen molar-refractivity contribution in [1.29, 1.82) is 0 Å². The van der Waals surface area contributed by atoms with Crippen LogP contribution in [0.15, 0.2) is 64.8 Å². The summed E-state index contributed by atoms with van der Waals surface area (Å²) in [5.74, 6) is -0.712. The number of anilines is 1. The summed E-state index contributed by atoms with van der Waals surface area (Å²) in [6.45, 7) is 1.98. The van der Waals surface area contributed by atoms with Crippen molar-refractivity contribution >= 4 is 34.5 Å². The minimum absolute atomic E-state index is 0.0314. The Labute approximate surface area is 169 Å². The predicted octanol–water partition coefficient (Wildman–Crippen LogP) is 3.29. The molecule has 2 aromatic heterocycles. The monoisotopic (exact) mass is 409 g/mol. The van der Waals surface area contributed by atoms with Gasteiger partial charge in [-0.1, -0.05) is 35.5 Å². The number of aryl methyl sites for hydroxylation is 1. The predicted molar refractivity (Wildman–Crippen MR) is 110 cm³/mol. The van der Waals surface area contributed by atoms with E-state index in [1.807, 2.05) is 31.2 Å². The van der Waals surface area contributed by atoms with E-state index in [0.717, 1.165) is 11.3 Å². The van der Waals surface area contributed by atoms with Crippen LogP contribution in [0.1, 0.15) is 5.56 Å². The minimum Gasteiger partial charge on any atom is -0.325 e. The summed E-state index contributed by atoms with van der Waals surface area (Å²) >= 11 is 1.17. The Morgan fingerprint density at radius 1 is 1.24 bits per heavy atom. The molecule has 0 spiro atoms. The Hall–Kier alpha value is -3.46. The molecule has 9 heteroatoms. The van der Waals surface area contributed by atoms with Crippen LogP contribution in [0.25, 0.3) is 16.9 Å². The summed E-state index contributed by atoms with van der Waals surface area (Å²) in [5.41, 5.74) is 2.50. The molecule has 4 aromatic rings. The highest BCUT2D eigenvalue weighted by Gasteiger charge is 2.17. The lowest BCUT2D eigenvalue weighted by Gasteiger charge is -2.09. The highest BCUT2D eigenvalue weighted by atomic mass is 32.2. The summed E-state index contributed by atoms with van der Waals surface area (Å²) in [6.07, 6.45) is 1.32. The van der Waals surface area contributed by atoms with E-state index >= 15 is 0 Å². The van der Waals surface area contributed by atoms with Crippen molar-refractivity contribution in [3.8, 4) is 5.69 Å². The third-order valence-corrected chi connectivity index (χ3v) is 5.09. The van der Waals surface area contributed by atoms with Crippen LogP contribution in [-0.2, 0) is 4.79 Å². The molecule has 1 amide bonds. The number of imidazole rings is 1. The van der Waals surface area contributed by atoms with Crippen molar-refractivity contribution < 1.29 is 9.18 Å². The first-order valence-corrected chi connectivity index (χ1v) is 9.71. The lowest BCUT2D eigenvalue weighted by atomic mass is 10.2. The molecule has 0 fully saturated rings. The van der Waals surface area contributed by atoms with E-state index < -0.39 is 5.82 Å². The molecule has 0 bridgehead atoms. The number of benzene rings is 2. The molecule has 29 heavy (non-hydrogen) atoms. The lowest BCUT2D eigenvalue weighted by molar-refractivity contribution is -0.113. The highest BCUT2D eigenvalue weighted by Crippen LogP contribution is 2.26. The average molecular weight is 409 g/mol. The zero-order chi connectivity index (χ0) is 20.4. The Bertz CT molecular complexity index is 1250. The Morgan fingerprint density at radius 3 is 2.79 bits per heavy atom. The fourth-order valence-corrected chi connectivity index (χ4v) is 3.61. The number of aromatic nitrogens is 4. The Kier molecular flexibility index (Phi) is 5.13. The fourth-order valence-electron chi connectivity index (χ4n) is 2.80. The van der Waals surface area contributed by atoms with Crippen molar-refractivity contribution in [1.82, 2.24) is 19.5 Å². The van der Waals surface area contributed by atoms with Crippen LogP contribution in [0.5, 0.6) is 0 Å². The average Bonchev–Trinajstić information content (AvgIpc) is 3.07. The van der Waals surface area contributed by atoms with Crippen LogP contribution in [0.2, 0.25) is 0 Å². The first-order valence-electron chi connectivity index (χ1n) is 8.72. The van der Waals surface area contributed by atoms with Gasteiger partial charge in [-0.05, 0) is 37.3 Å². The van der Waals surface area contributed by atoms with Crippen LogP contribution in [0.3, 0.4) is 0 Å². The van der Waals surface area contributed by atoms with Crippen molar-refractivity contribution in [3.63, 3.8) is 0 Å². The smallest absolute Gasteiger partial charge is 0.278 e. The van der Waals surface area contributed by atoms with Crippen LogP contribution < -0.4 is 10.9 Å². The number of H-pyrrole nitrogens is 1. The van der Waals surface area contributed by atoms with E-state index in [9.17, 15) is 14.0 Å². The zero-order valence-electron chi connectivity index (χ0n) is 15.3. The summed E-state index contributed by atoms with van der Waals surface area (Å²) in [6, 6.07) is 13.4. The molecule has 0 aliphatic carbocycles. The number of hydrogen-bond acceptors (Lipinski definition) is 5. The number of rotatable bonds is 5. The summed E-state index contributed by atoms with van der Waals surface area (Å²) in [5, 5.41) is 3.11. The second-order valence-electron chi connectivity index (χ2n) is 6.32. The Balaban J connectivity index is 1.63. The largest absolute Gasteiger partial charge is 0.325 e. The van der Waals surface area contributed by atoms with Crippen molar-refractivity contribution in [2.24, 2.45) is 0 Å². The van der Waals surface area contributed by atoms with E-state index in [2.05, 4.69) is 20.3 Å². The number of hydrogen-bond donors (Lipinski definition) is 2. The van der Waals surface area contributed by atoms with Gasteiger partial charge in [0.05, 0.1) is 12.1 Å². The first kappa shape index (κ1) is 18.9. The quantitative estimate of drug-likeness (QED) is 0.494. The number of halogens is 1. The molecule has 0 aliphatic heterocycles. The van der Waals surface area contributed by atoms with Gasteiger partial charge in [-0.3, -0.25) is 14.2 Å².